The van der Waals surface area contributed by atoms with Gasteiger partial charge in [-0.15, -0.1) is 0 Å². The summed E-state index contributed by atoms with van der Waals surface area (Å²) in [5.74, 6) is -1.10. The van der Waals surface area contributed by atoms with Gasteiger partial charge in [0.05, 0.1) is 12.2 Å². The first-order valence-corrected chi connectivity index (χ1v) is 7.98. The van der Waals surface area contributed by atoms with E-state index in [0.717, 1.165) is 0 Å². The number of hydrogen-bond donors (Lipinski definition) is 2. The van der Waals surface area contributed by atoms with Crippen molar-refractivity contribution in [3.8, 4) is 11.5 Å². The van der Waals surface area contributed by atoms with E-state index in [0.29, 0.717) is 11.5 Å². The molecule has 25 heavy (non-hydrogen) atoms. The zero-order chi connectivity index (χ0) is 18.6. The van der Waals surface area contributed by atoms with Crippen LogP contribution in [0.4, 0.5) is 0 Å². The van der Waals surface area contributed by atoms with Crippen molar-refractivity contribution in [3.05, 3.63) is 23.8 Å². The Balaban J connectivity index is 2.10. The van der Waals surface area contributed by atoms with Gasteiger partial charge in [0.1, 0.15) is 12.2 Å². The van der Waals surface area contributed by atoms with E-state index in [9.17, 15) is 19.8 Å². The number of hydrogen-bond acceptors (Lipinski definition) is 8. The summed E-state index contributed by atoms with van der Waals surface area (Å²) in [6.45, 7) is 5.10. The van der Waals surface area contributed by atoms with Gasteiger partial charge in [0.25, 0.3) is 0 Å². The normalized spacial score (nSPS) is 16.2. The molecular formula is C17H22O8. The van der Waals surface area contributed by atoms with Crippen molar-refractivity contribution >= 4 is 11.9 Å². The van der Waals surface area contributed by atoms with E-state index >= 15 is 0 Å². The maximum absolute atomic E-state index is 12.4. The van der Waals surface area contributed by atoms with Crippen molar-refractivity contribution in [2.24, 2.45) is 5.92 Å². The minimum Gasteiger partial charge on any atom is -0.464 e. The second kappa shape index (κ2) is 8.17. The van der Waals surface area contributed by atoms with Gasteiger partial charge in [-0.1, -0.05) is 13.8 Å². The molecule has 0 aromatic heterocycles. The van der Waals surface area contributed by atoms with Crippen molar-refractivity contribution in [1.82, 2.24) is 0 Å². The average Bonchev–Trinajstić information content (AvgIpc) is 3.05. The molecule has 0 saturated heterocycles. The third-order valence-electron chi connectivity index (χ3n) is 3.70. The van der Waals surface area contributed by atoms with E-state index < -0.39 is 30.3 Å². The molecule has 2 N–H and O–H groups in total. The van der Waals surface area contributed by atoms with Crippen LogP contribution in [0.15, 0.2) is 18.2 Å². The quantitative estimate of drug-likeness (QED) is 0.694. The summed E-state index contributed by atoms with van der Waals surface area (Å²) in [7, 11) is 0. The molecule has 0 amide bonds. The highest BCUT2D eigenvalue weighted by Crippen LogP contribution is 2.33. The molecule has 2 rings (SSSR count). The highest BCUT2D eigenvalue weighted by Gasteiger charge is 2.37. The molecule has 0 bridgehead atoms. The summed E-state index contributed by atoms with van der Waals surface area (Å²) in [4.78, 5) is 23.9. The van der Waals surface area contributed by atoms with Gasteiger partial charge in [0.2, 0.25) is 6.79 Å². The Bertz CT molecular complexity index is 627. The fourth-order valence-electron chi connectivity index (χ4n) is 2.36. The third kappa shape index (κ3) is 4.40. The number of fused-ring (bicyclic) bond motifs is 1. The smallest absolute Gasteiger partial charge is 0.338 e. The minimum absolute atomic E-state index is 0.0615. The van der Waals surface area contributed by atoms with Gasteiger partial charge in [-0.25, -0.2) is 9.59 Å². The second-order valence-electron chi connectivity index (χ2n) is 5.87. The van der Waals surface area contributed by atoms with Crippen molar-refractivity contribution in [1.29, 1.82) is 0 Å². The zero-order valence-electron chi connectivity index (χ0n) is 14.3. The van der Waals surface area contributed by atoms with Crippen LogP contribution < -0.4 is 9.47 Å². The number of aliphatic hydroxyl groups excluding tert-OH is 2. The fraction of sp³-hybridized carbons (Fsp3) is 0.529. The molecule has 0 radical (unpaired) electrons. The van der Waals surface area contributed by atoms with Crippen LogP contribution in [0.5, 0.6) is 11.5 Å². The van der Waals surface area contributed by atoms with Crippen molar-refractivity contribution in [3.63, 3.8) is 0 Å². The lowest BCUT2D eigenvalue weighted by molar-refractivity contribution is -0.166. The van der Waals surface area contributed by atoms with Crippen LogP contribution in [0.25, 0.3) is 0 Å². The molecule has 8 nitrogen and oxygen atoms in total. The average molecular weight is 354 g/mol. The van der Waals surface area contributed by atoms with Crippen molar-refractivity contribution in [2.45, 2.75) is 39.1 Å². The SMILES string of the molecule is CCOC(=O)[C@@H](O)[C@@H](O)[C@H](OC(=O)c1ccc2c(c1)OCO2)C(C)C. The van der Waals surface area contributed by atoms with E-state index in [1.165, 1.54) is 12.1 Å². The first-order valence-electron chi connectivity index (χ1n) is 7.98. The third-order valence-corrected chi connectivity index (χ3v) is 3.70. The Labute approximate surface area is 145 Å². The summed E-state index contributed by atoms with van der Waals surface area (Å²) in [6, 6.07) is 4.55. The van der Waals surface area contributed by atoms with Gasteiger partial charge in [-0.2, -0.15) is 0 Å². The molecule has 1 heterocycles. The predicted octanol–water partition coefficient (Wildman–Crippen LogP) is 0.882. The molecule has 0 unspecified atom stereocenters. The Kier molecular flexibility index (Phi) is 6.22. The first-order chi connectivity index (χ1) is 11.8. The van der Waals surface area contributed by atoms with Gasteiger partial charge >= 0.3 is 11.9 Å². The van der Waals surface area contributed by atoms with E-state index in [-0.39, 0.29) is 24.9 Å². The van der Waals surface area contributed by atoms with Crippen molar-refractivity contribution in [2.75, 3.05) is 13.4 Å². The van der Waals surface area contributed by atoms with Crippen LogP contribution in [-0.2, 0) is 14.3 Å². The van der Waals surface area contributed by atoms with E-state index in [2.05, 4.69) is 4.74 Å². The number of ether oxygens (including phenoxy) is 4. The molecule has 0 spiro atoms. The van der Waals surface area contributed by atoms with Crippen LogP contribution in [0.1, 0.15) is 31.1 Å². The molecule has 0 saturated carbocycles. The van der Waals surface area contributed by atoms with E-state index in [4.69, 9.17) is 14.2 Å². The number of esters is 2. The topological polar surface area (TPSA) is 112 Å². The summed E-state index contributed by atoms with van der Waals surface area (Å²) in [5, 5.41) is 20.1. The van der Waals surface area contributed by atoms with Crippen LogP contribution >= 0.6 is 0 Å². The second-order valence-corrected chi connectivity index (χ2v) is 5.87. The lowest BCUT2D eigenvalue weighted by Crippen LogP contribution is -2.47. The molecule has 138 valence electrons. The molecule has 1 aliphatic rings. The number of carbonyl (C=O) groups excluding carboxylic acids is 2. The first kappa shape index (κ1) is 19.0. The summed E-state index contributed by atoms with van der Waals surface area (Å²) in [5.41, 5.74) is 0.202. The summed E-state index contributed by atoms with van der Waals surface area (Å²) in [6.07, 6.45) is -4.52. The maximum Gasteiger partial charge on any atom is 0.338 e. The predicted molar refractivity (Wildman–Crippen MR) is 85.3 cm³/mol. The molecule has 8 heteroatoms. The standard InChI is InChI=1S/C17H22O8/c1-4-22-17(21)14(19)13(18)15(9(2)3)25-16(20)10-5-6-11-12(7-10)24-8-23-11/h5-7,9,13-15,18-19H,4,8H2,1-3H3/t13-,14+,15-/m1/s1. The number of rotatable bonds is 7. The van der Waals surface area contributed by atoms with Crippen LogP contribution in [0.3, 0.4) is 0 Å². The lowest BCUT2D eigenvalue weighted by atomic mass is 9.97. The van der Waals surface area contributed by atoms with E-state index in [1.807, 2.05) is 0 Å². The monoisotopic (exact) mass is 354 g/mol. The minimum atomic E-state index is -1.81. The van der Waals surface area contributed by atoms with E-state index in [1.54, 1.807) is 26.8 Å². The molecule has 3 atom stereocenters. The molecule has 1 aromatic rings. The van der Waals surface area contributed by atoms with Gasteiger partial charge in [0, 0.05) is 0 Å². The summed E-state index contributed by atoms with van der Waals surface area (Å²) >= 11 is 0. The fourth-order valence-corrected chi connectivity index (χ4v) is 2.36. The van der Waals surface area contributed by atoms with Crippen LogP contribution in [0, 0.1) is 5.92 Å². The maximum atomic E-state index is 12.4. The number of aliphatic hydroxyl groups is 2. The summed E-state index contributed by atoms with van der Waals surface area (Å²) < 4.78 is 20.4. The van der Waals surface area contributed by atoms with Gasteiger partial charge in [-0.05, 0) is 31.0 Å². The molecular weight excluding hydrogens is 332 g/mol. The lowest BCUT2D eigenvalue weighted by Gasteiger charge is -2.28. The highest BCUT2D eigenvalue weighted by molar-refractivity contribution is 5.90. The van der Waals surface area contributed by atoms with Crippen molar-refractivity contribution < 1.29 is 38.7 Å². The Morgan fingerprint density at radius 1 is 1.20 bits per heavy atom. The van der Waals surface area contributed by atoms with Gasteiger partial charge in [0.15, 0.2) is 17.6 Å². The van der Waals surface area contributed by atoms with Gasteiger partial charge < -0.3 is 29.2 Å². The molecule has 0 fully saturated rings. The largest absolute Gasteiger partial charge is 0.464 e. The van der Waals surface area contributed by atoms with Crippen LogP contribution in [0.2, 0.25) is 0 Å². The molecule has 1 aromatic carbocycles. The Hall–Kier alpha value is -2.32. The van der Waals surface area contributed by atoms with Gasteiger partial charge in [-0.3, -0.25) is 0 Å². The molecule has 1 aliphatic heterocycles. The number of benzene rings is 1. The van der Waals surface area contributed by atoms with Crippen LogP contribution in [-0.4, -0.2) is 53.9 Å². The zero-order valence-corrected chi connectivity index (χ0v) is 14.3. The Morgan fingerprint density at radius 2 is 1.88 bits per heavy atom. The Morgan fingerprint density at radius 3 is 2.52 bits per heavy atom. The highest BCUT2D eigenvalue weighted by atomic mass is 16.7. The number of carbonyl (C=O) groups is 2. The molecule has 0 aliphatic carbocycles.